The average Bonchev–Trinajstić information content (AvgIpc) is 3.40. The minimum atomic E-state index is -0.627. The quantitative estimate of drug-likeness (QED) is 0.377. The second-order valence-corrected chi connectivity index (χ2v) is 9.84. The van der Waals surface area contributed by atoms with Crippen molar-refractivity contribution in [1.82, 2.24) is 9.47 Å². The first-order chi connectivity index (χ1) is 16.2. The molecule has 2 fully saturated rings. The SMILES string of the molecule is Cc1c(C(=O)CN2C(=O)/C(=C/c3ccc(F)cc3)SC2=S)c(O)n(C2CCCC2)c(=O)c1C#N. The molecule has 0 unspecified atom stereocenters. The maximum absolute atomic E-state index is 13.3. The van der Waals surface area contributed by atoms with Gasteiger partial charge in [0.05, 0.1) is 17.0 Å². The molecule has 10 heteroatoms. The highest BCUT2D eigenvalue weighted by molar-refractivity contribution is 8.26. The highest BCUT2D eigenvalue weighted by Gasteiger charge is 2.36. The highest BCUT2D eigenvalue weighted by Crippen LogP contribution is 2.36. The number of nitrogens with zero attached hydrogens (tertiary/aromatic N) is 3. The van der Waals surface area contributed by atoms with Crippen molar-refractivity contribution in [3.8, 4) is 11.9 Å². The van der Waals surface area contributed by atoms with Gasteiger partial charge in [0.25, 0.3) is 11.5 Å². The molecule has 174 valence electrons. The Balaban J connectivity index is 1.66. The van der Waals surface area contributed by atoms with Gasteiger partial charge in [-0.3, -0.25) is 23.9 Å². The lowest BCUT2D eigenvalue weighted by Crippen LogP contribution is -2.35. The molecule has 2 aromatic rings. The number of amides is 1. The van der Waals surface area contributed by atoms with E-state index >= 15 is 0 Å². The standard InChI is InChI=1S/C24H20FN3O4S2/c1-13-17(11-26)21(30)28(16-4-2-3-5-16)23(32)20(13)18(29)12-27-22(31)19(34-24(27)33)10-14-6-8-15(25)9-7-14/h6-10,16,32H,2-5,12H2,1H3/b19-10-. The smallest absolute Gasteiger partial charge is 0.271 e. The third-order valence-corrected chi connectivity index (χ3v) is 7.44. The number of hydrogen-bond acceptors (Lipinski definition) is 7. The van der Waals surface area contributed by atoms with Gasteiger partial charge in [0.2, 0.25) is 5.88 Å². The van der Waals surface area contributed by atoms with E-state index in [2.05, 4.69) is 0 Å². The van der Waals surface area contributed by atoms with Crippen LogP contribution in [0, 0.1) is 24.1 Å². The van der Waals surface area contributed by atoms with Gasteiger partial charge in [-0.05, 0) is 49.1 Å². The summed E-state index contributed by atoms with van der Waals surface area (Å²) in [6.45, 7) is 0.984. The number of pyridine rings is 1. The third kappa shape index (κ3) is 4.29. The van der Waals surface area contributed by atoms with Gasteiger partial charge in [0, 0.05) is 6.04 Å². The van der Waals surface area contributed by atoms with E-state index in [9.17, 15) is 29.1 Å². The first kappa shape index (κ1) is 23.9. The van der Waals surface area contributed by atoms with Crippen LogP contribution in [0.25, 0.3) is 6.08 Å². The number of nitriles is 1. The largest absolute Gasteiger partial charge is 0.494 e. The van der Waals surface area contributed by atoms with E-state index in [-0.39, 0.29) is 32.0 Å². The number of aromatic nitrogens is 1. The zero-order chi connectivity index (χ0) is 24.6. The Kier molecular flexibility index (Phi) is 6.68. The Labute approximate surface area is 204 Å². The van der Waals surface area contributed by atoms with Crippen molar-refractivity contribution < 1.29 is 19.1 Å². The minimum absolute atomic E-state index is 0.0801. The van der Waals surface area contributed by atoms with Crippen LogP contribution in [0.2, 0.25) is 0 Å². The summed E-state index contributed by atoms with van der Waals surface area (Å²) in [5, 5.41) is 20.5. The van der Waals surface area contributed by atoms with Gasteiger partial charge in [0.15, 0.2) is 5.78 Å². The lowest BCUT2D eigenvalue weighted by molar-refractivity contribution is -0.121. The van der Waals surface area contributed by atoms with Crippen LogP contribution in [-0.4, -0.2) is 37.1 Å². The van der Waals surface area contributed by atoms with Crippen LogP contribution in [0.1, 0.15) is 58.8 Å². The molecule has 1 amide bonds. The van der Waals surface area contributed by atoms with E-state index in [1.54, 1.807) is 6.08 Å². The summed E-state index contributed by atoms with van der Waals surface area (Å²) in [7, 11) is 0. The predicted octanol–water partition coefficient (Wildman–Crippen LogP) is 4.07. The molecule has 1 saturated carbocycles. The second-order valence-electron chi connectivity index (χ2n) is 8.17. The van der Waals surface area contributed by atoms with E-state index in [1.165, 1.54) is 31.2 Å². The molecule has 7 nitrogen and oxygen atoms in total. The molecule has 1 saturated heterocycles. The van der Waals surface area contributed by atoms with Crippen LogP contribution < -0.4 is 5.56 Å². The van der Waals surface area contributed by atoms with Gasteiger partial charge in [-0.25, -0.2) is 4.39 Å². The van der Waals surface area contributed by atoms with Crippen molar-refractivity contribution in [3.63, 3.8) is 0 Å². The Hall–Kier alpha value is -3.29. The number of carbonyl (C=O) groups is 2. The molecule has 2 aliphatic rings. The maximum Gasteiger partial charge on any atom is 0.271 e. The number of ketones is 1. The van der Waals surface area contributed by atoms with Crippen molar-refractivity contribution in [2.24, 2.45) is 0 Å². The van der Waals surface area contributed by atoms with E-state index < -0.39 is 35.5 Å². The third-order valence-electron chi connectivity index (χ3n) is 6.06. The number of Topliss-reactive ketones (excluding diaryl/α,β-unsaturated/α-hetero) is 1. The number of benzene rings is 1. The summed E-state index contributed by atoms with van der Waals surface area (Å²) < 4.78 is 14.5. The fourth-order valence-electron chi connectivity index (χ4n) is 4.33. The summed E-state index contributed by atoms with van der Waals surface area (Å²) in [5.74, 6) is -2.00. The molecular formula is C24H20FN3O4S2. The van der Waals surface area contributed by atoms with E-state index in [0.29, 0.717) is 18.4 Å². The molecular weight excluding hydrogens is 477 g/mol. The van der Waals surface area contributed by atoms with Crippen molar-refractivity contribution in [3.05, 3.63) is 67.6 Å². The number of rotatable bonds is 5. The summed E-state index contributed by atoms with van der Waals surface area (Å²) >= 11 is 6.31. The van der Waals surface area contributed by atoms with Gasteiger partial charge in [-0.2, -0.15) is 5.26 Å². The first-order valence-electron chi connectivity index (χ1n) is 10.6. The van der Waals surface area contributed by atoms with Gasteiger partial charge < -0.3 is 5.11 Å². The van der Waals surface area contributed by atoms with Gasteiger partial charge in [-0.15, -0.1) is 0 Å². The van der Waals surface area contributed by atoms with Gasteiger partial charge in [-0.1, -0.05) is 49.0 Å². The Morgan fingerprint density at radius 1 is 1.29 bits per heavy atom. The molecule has 4 rings (SSSR count). The molecule has 0 spiro atoms. The molecule has 1 aromatic carbocycles. The number of hydrogen-bond donors (Lipinski definition) is 1. The van der Waals surface area contributed by atoms with Crippen molar-refractivity contribution in [2.45, 2.75) is 38.6 Å². The number of thiocarbonyl (C=S) groups is 1. The lowest BCUT2D eigenvalue weighted by atomic mass is 10.0. The molecule has 0 atom stereocenters. The normalized spacial score (nSPS) is 17.6. The molecule has 1 aromatic heterocycles. The van der Waals surface area contributed by atoms with Crippen LogP contribution in [0.5, 0.6) is 5.88 Å². The monoisotopic (exact) mass is 497 g/mol. The van der Waals surface area contributed by atoms with Crippen molar-refractivity contribution in [2.75, 3.05) is 6.54 Å². The fraction of sp³-hybridized carbons (Fsp3) is 0.292. The van der Waals surface area contributed by atoms with Crippen molar-refractivity contribution >= 4 is 46.1 Å². The molecule has 34 heavy (non-hydrogen) atoms. The Bertz CT molecular complexity index is 1340. The van der Waals surface area contributed by atoms with Crippen LogP contribution >= 0.6 is 24.0 Å². The fourth-order valence-corrected chi connectivity index (χ4v) is 5.58. The second kappa shape index (κ2) is 9.52. The summed E-state index contributed by atoms with van der Waals surface area (Å²) in [6, 6.07) is 7.15. The van der Waals surface area contributed by atoms with E-state index in [1.807, 2.05) is 6.07 Å². The average molecular weight is 498 g/mol. The van der Waals surface area contributed by atoms with Crippen LogP contribution in [0.4, 0.5) is 4.39 Å². The molecule has 0 bridgehead atoms. The van der Waals surface area contributed by atoms with Crippen LogP contribution in [0.15, 0.2) is 34.0 Å². The predicted molar refractivity (Wildman–Crippen MR) is 130 cm³/mol. The first-order valence-corrected chi connectivity index (χ1v) is 11.9. The van der Waals surface area contributed by atoms with Crippen molar-refractivity contribution in [1.29, 1.82) is 5.26 Å². The topological polar surface area (TPSA) is 103 Å². The molecule has 2 heterocycles. The molecule has 1 aliphatic heterocycles. The molecule has 1 N–H and O–H groups in total. The Morgan fingerprint density at radius 2 is 1.94 bits per heavy atom. The van der Waals surface area contributed by atoms with E-state index in [4.69, 9.17) is 12.2 Å². The number of aromatic hydroxyl groups is 1. The lowest BCUT2D eigenvalue weighted by Gasteiger charge is -2.21. The number of halogens is 1. The summed E-state index contributed by atoms with van der Waals surface area (Å²) in [5.41, 5.74) is -0.288. The summed E-state index contributed by atoms with van der Waals surface area (Å²) in [4.78, 5) is 40.4. The number of thioether (sulfide) groups is 1. The van der Waals surface area contributed by atoms with Gasteiger partial charge in [0.1, 0.15) is 21.8 Å². The maximum atomic E-state index is 13.3. The highest BCUT2D eigenvalue weighted by atomic mass is 32.2. The van der Waals surface area contributed by atoms with Gasteiger partial charge >= 0.3 is 0 Å². The summed E-state index contributed by atoms with van der Waals surface area (Å²) in [6.07, 6.45) is 4.65. The number of carbonyl (C=O) groups excluding carboxylic acids is 2. The molecule has 0 radical (unpaired) electrons. The minimum Gasteiger partial charge on any atom is -0.494 e. The van der Waals surface area contributed by atoms with E-state index in [0.717, 1.165) is 34.1 Å². The van der Waals surface area contributed by atoms with Crippen LogP contribution in [-0.2, 0) is 4.79 Å². The molecule has 1 aliphatic carbocycles. The zero-order valence-electron chi connectivity index (χ0n) is 18.2. The van der Waals surface area contributed by atoms with Crippen LogP contribution in [0.3, 0.4) is 0 Å². The Morgan fingerprint density at radius 3 is 2.56 bits per heavy atom. The zero-order valence-corrected chi connectivity index (χ0v) is 19.8.